The van der Waals surface area contributed by atoms with Crippen molar-refractivity contribution in [3.8, 4) is 0 Å². The minimum atomic E-state index is -0.846. The van der Waals surface area contributed by atoms with E-state index in [1.165, 1.54) is 0 Å². The van der Waals surface area contributed by atoms with Crippen LogP contribution < -0.4 is 0 Å². The number of morpholine rings is 2. The van der Waals surface area contributed by atoms with Gasteiger partial charge in [0.05, 0.1) is 60.5 Å². The van der Waals surface area contributed by atoms with Crippen molar-refractivity contribution < 1.29 is 38.2 Å². The van der Waals surface area contributed by atoms with Crippen molar-refractivity contribution in [2.45, 2.75) is 13.3 Å². The van der Waals surface area contributed by atoms with E-state index in [1.807, 2.05) is 6.92 Å². The van der Waals surface area contributed by atoms with Crippen molar-refractivity contribution in [3.05, 3.63) is 82.9 Å². The average molecular weight is 643 g/mol. The number of amides is 6. The highest BCUT2D eigenvalue weighted by Crippen LogP contribution is 2.33. The third kappa shape index (κ3) is 6.22. The van der Waals surface area contributed by atoms with Gasteiger partial charge in [-0.15, -0.1) is 0 Å². The van der Waals surface area contributed by atoms with E-state index in [4.69, 9.17) is 9.47 Å². The standard InChI is InChI=1S/C35H38N4O8/c1-22(19-24(30(40)36-11-15-46-16-12-36)20-38-32(42)25-7-3-4-8-26(25)33(38)43)23(2)29(31(41)37-13-17-47-18-14-37)21-39-34(44)27-9-5-6-10-28(27)35(39)45/h3-10,23-24,29H,1,11-21H2,2H3/t23-,24-,29+/m0/s1. The van der Waals surface area contributed by atoms with Gasteiger partial charge < -0.3 is 19.3 Å². The molecule has 246 valence electrons. The second-order valence-electron chi connectivity index (χ2n) is 12.4. The lowest BCUT2D eigenvalue weighted by molar-refractivity contribution is -0.141. The number of benzene rings is 2. The van der Waals surface area contributed by atoms with Crippen LogP contribution in [-0.2, 0) is 19.1 Å². The molecule has 6 amide bonds. The summed E-state index contributed by atoms with van der Waals surface area (Å²) < 4.78 is 10.9. The fourth-order valence-electron chi connectivity index (χ4n) is 6.75. The van der Waals surface area contributed by atoms with Crippen LogP contribution in [0.5, 0.6) is 0 Å². The molecular formula is C35H38N4O8. The van der Waals surface area contributed by atoms with E-state index in [9.17, 15) is 28.8 Å². The summed E-state index contributed by atoms with van der Waals surface area (Å²) in [6.45, 7) is 8.77. The van der Waals surface area contributed by atoms with E-state index >= 15 is 0 Å². The van der Waals surface area contributed by atoms with Gasteiger partial charge in [0.15, 0.2) is 0 Å². The van der Waals surface area contributed by atoms with E-state index < -0.39 is 41.4 Å². The monoisotopic (exact) mass is 642 g/mol. The molecule has 4 heterocycles. The predicted molar refractivity (Wildman–Crippen MR) is 168 cm³/mol. The molecular weight excluding hydrogens is 604 g/mol. The first kappa shape index (κ1) is 32.3. The van der Waals surface area contributed by atoms with Crippen LogP contribution in [0.4, 0.5) is 0 Å². The molecule has 6 rings (SSSR count). The van der Waals surface area contributed by atoms with Crippen molar-refractivity contribution in [2.24, 2.45) is 17.8 Å². The summed E-state index contributed by atoms with van der Waals surface area (Å²) in [7, 11) is 0. The molecule has 0 radical (unpaired) electrons. The topological polar surface area (TPSA) is 134 Å². The molecule has 2 saturated heterocycles. The minimum absolute atomic E-state index is 0.0831. The lowest BCUT2D eigenvalue weighted by Crippen LogP contribution is -2.50. The van der Waals surface area contributed by atoms with Crippen LogP contribution >= 0.6 is 0 Å². The third-order valence-corrected chi connectivity index (χ3v) is 9.61. The number of imide groups is 2. The van der Waals surface area contributed by atoms with Crippen LogP contribution in [0.1, 0.15) is 54.8 Å². The van der Waals surface area contributed by atoms with Gasteiger partial charge in [0.25, 0.3) is 23.6 Å². The van der Waals surface area contributed by atoms with Crippen molar-refractivity contribution in [2.75, 3.05) is 65.7 Å². The van der Waals surface area contributed by atoms with Crippen LogP contribution in [-0.4, -0.2) is 121 Å². The zero-order valence-corrected chi connectivity index (χ0v) is 26.4. The summed E-state index contributed by atoms with van der Waals surface area (Å²) in [5.41, 5.74) is 1.70. The van der Waals surface area contributed by atoms with Crippen LogP contribution in [0.25, 0.3) is 0 Å². The summed E-state index contributed by atoms with van der Waals surface area (Å²) in [5.74, 6) is -4.58. The van der Waals surface area contributed by atoms with Crippen LogP contribution in [0.3, 0.4) is 0 Å². The van der Waals surface area contributed by atoms with Crippen LogP contribution in [0, 0.1) is 17.8 Å². The van der Waals surface area contributed by atoms with Crippen LogP contribution in [0.15, 0.2) is 60.7 Å². The van der Waals surface area contributed by atoms with E-state index in [-0.39, 0.29) is 31.3 Å². The molecule has 0 unspecified atom stereocenters. The first-order chi connectivity index (χ1) is 22.7. The van der Waals surface area contributed by atoms with Gasteiger partial charge in [-0.25, -0.2) is 0 Å². The smallest absolute Gasteiger partial charge is 0.261 e. The summed E-state index contributed by atoms with van der Waals surface area (Å²) >= 11 is 0. The van der Waals surface area contributed by atoms with Gasteiger partial charge in [-0.1, -0.05) is 43.3 Å². The zero-order valence-electron chi connectivity index (χ0n) is 26.4. The predicted octanol–water partition coefficient (Wildman–Crippen LogP) is 2.11. The highest BCUT2D eigenvalue weighted by molar-refractivity contribution is 6.22. The Morgan fingerprint density at radius 3 is 1.47 bits per heavy atom. The first-order valence-corrected chi connectivity index (χ1v) is 16.0. The molecule has 2 fully saturated rings. The fraction of sp³-hybridized carbons (Fsp3) is 0.429. The Kier molecular flexibility index (Phi) is 9.33. The maximum absolute atomic E-state index is 14.1. The lowest BCUT2D eigenvalue weighted by Gasteiger charge is -2.36. The molecule has 12 nitrogen and oxygen atoms in total. The summed E-state index contributed by atoms with van der Waals surface area (Å²) in [6, 6.07) is 13.1. The van der Waals surface area contributed by atoms with E-state index in [1.54, 1.807) is 58.3 Å². The molecule has 0 aromatic heterocycles. The van der Waals surface area contributed by atoms with Gasteiger partial charge in [0.1, 0.15) is 0 Å². The Morgan fingerprint density at radius 1 is 0.660 bits per heavy atom. The summed E-state index contributed by atoms with van der Waals surface area (Å²) in [4.78, 5) is 86.8. The van der Waals surface area contributed by atoms with Crippen molar-refractivity contribution in [3.63, 3.8) is 0 Å². The van der Waals surface area contributed by atoms with Crippen molar-refractivity contribution >= 4 is 35.4 Å². The molecule has 3 atom stereocenters. The number of hydrogen-bond donors (Lipinski definition) is 0. The number of hydrogen-bond acceptors (Lipinski definition) is 8. The van der Waals surface area contributed by atoms with Gasteiger partial charge in [-0.2, -0.15) is 0 Å². The van der Waals surface area contributed by atoms with Gasteiger partial charge >= 0.3 is 0 Å². The Morgan fingerprint density at radius 2 is 1.04 bits per heavy atom. The average Bonchev–Trinajstić information content (AvgIpc) is 3.50. The second-order valence-corrected chi connectivity index (χ2v) is 12.4. The summed E-state index contributed by atoms with van der Waals surface area (Å²) in [5, 5.41) is 0. The molecule has 0 N–H and O–H groups in total. The SMILES string of the molecule is C=C(C[C@@H](CN1C(=O)c2ccccc2C1=O)C(=O)N1CCOCC1)[C@H](C)[C@@H](CN1C(=O)c2ccccc2C1=O)C(=O)N1CCOCC1. The maximum atomic E-state index is 14.1. The van der Waals surface area contributed by atoms with Gasteiger partial charge in [0.2, 0.25) is 11.8 Å². The normalized spacial score (nSPS) is 19.9. The van der Waals surface area contributed by atoms with Gasteiger partial charge in [-0.3, -0.25) is 38.6 Å². The van der Waals surface area contributed by atoms with E-state index in [2.05, 4.69) is 6.58 Å². The molecule has 0 aliphatic carbocycles. The molecule has 0 bridgehead atoms. The Balaban J connectivity index is 1.26. The summed E-state index contributed by atoms with van der Waals surface area (Å²) in [6.07, 6.45) is 0.0831. The minimum Gasteiger partial charge on any atom is -0.378 e. The Hall–Kier alpha value is -4.68. The number of nitrogens with zero attached hydrogens (tertiary/aromatic N) is 4. The molecule has 47 heavy (non-hydrogen) atoms. The Bertz CT molecular complexity index is 1560. The van der Waals surface area contributed by atoms with Crippen LogP contribution in [0.2, 0.25) is 0 Å². The number of allylic oxidation sites excluding steroid dienone is 1. The molecule has 12 heteroatoms. The lowest BCUT2D eigenvalue weighted by atomic mass is 9.81. The Labute approximate surface area is 272 Å². The number of carbonyl (C=O) groups excluding carboxylic acids is 6. The molecule has 2 aromatic carbocycles. The van der Waals surface area contributed by atoms with Gasteiger partial charge in [0, 0.05) is 39.3 Å². The van der Waals surface area contributed by atoms with Crippen molar-refractivity contribution in [1.29, 1.82) is 0 Å². The zero-order chi connectivity index (χ0) is 33.2. The molecule has 2 aromatic rings. The third-order valence-electron chi connectivity index (χ3n) is 9.61. The number of fused-ring (bicyclic) bond motifs is 2. The molecule has 4 aliphatic rings. The van der Waals surface area contributed by atoms with Crippen molar-refractivity contribution in [1.82, 2.24) is 19.6 Å². The van der Waals surface area contributed by atoms with E-state index in [0.717, 1.165) is 9.80 Å². The number of ether oxygens (including phenoxy) is 2. The van der Waals surface area contributed by atoms with Gasteiger partial charge in [-0.05, 0) is 36.6 Å². The largest absolute Gasteiger partial charge is 0.378 e. The maximum Gasteiger partial charge on any atom is 0.261 e. The molecule has 0 spiro atoms. The molecule has 0 saturated carbocycles. The number of rotatable bonds is 10. The molecule has 4 aliphatic heterocycles. The second kappa shape index (κ2) is 13.6. The van der Waals surface area contributed by atoms with E-state index in [0.29, 0.717) is 80.4 Å². The first-order valence-electron chi connectivity index (χ1n) is 16.0. The number of carbonyl (C=O) groups is 6. The quantitative estimate of drug-likeness (QED) is 0.284. The highest BCUT2D eigenvalue weighted by Gasteiger charge is 2.43. The highest BCUT2D eigenvalue weighted by atomic mass is 16.5. The fourth-order valence-corrected chi connectivity index (χ4v) is 6.75.